The minimum Gasteiger partial charge on any atom is -0.497 e. The Morgan fingerprint density at radius 1 is 1.13 bits per heavy atom. The van der Waals surface area contributed by atoms with Gasteiger partial charge in [0.15, 0.2) is 0 Å². The molecule has 0 saturated heterocycles. The summed E-state index contributed by atoms with van der Waals surface area (Å²) in [5.74, 6) is 1.49. The molecule has 0 unspecified atom stereocenters. The first kappa shape index (κ1) is 12.1. The summed E-state index contributed by atoms with van der Waals surface area (Å²) >= 11 is 0. The van der Waals surface area contributed by atoms with Crippen LogP contribution in [0.25, 0.3) is 0 Å². The second-order valence-electron chi connectivity index (χ2n) is 5.36. The van der Waals surface area contributed by atoms with Crippen molar-refractivity contribution in [1.29, 1.82) is 0 Å². The molecule has 0 aliphatic rings. The van der Waals surface area contributed by atoms with Crippen molar-refractivity contribution < 1.29 is 4.74 Å². The number of hydrogen-bond donors (Lipinski definition) is 0. The Bertz CT molecular complexity index is 332. The smallest absolute Gasteiger partial charge is 0.119 e. The molecule has 1 rings (SSSR count). The summed E-state index contributed by atoms with van der Waals surface area (Å²) < 4.78 is 5.27. The average molecular weight is 206 g/mol. The minimum atomic E-state index is 0.200. The zero-order valence-electron chi connectivity index (χ0n) is 10.7. The van der Waals surface area contributed by atoms with Gasteiger partial charge < -0.3 is 4.74 Å². The fourth-order valence-corrected chi connectivity index (χ4v) is 1.83. The van der Waals surface area contributed by atoms with Crippen LogP contribution < -0.4 is 4.74 Å². The summed E-state index contributed by atoms with van der Waals surface area (Å²) in [5, 5.41) is 0. The monoisotopic (exact) mass is 206 g/mol. The van der Waals surface area contributed by atoms with Crippen molar-refractivity contribution >= 4 is 0 Å². The van der Waals surface area contributed by atoms with Crippen molar-refractivity contribution in [1.82, 2.24) is 0 Å². The highest BCUT2D eigenvalue weighted by molar-refractivity contribution is 5.41. The number of methoxy groups -OCH3 is 1. The van der Waals surface area contributed by atoms with E-state index in [4.69, 9.17) is 4.74 Å². The molecule has 0 aromatic heterocycles. The first-order valence-electron chi connectivity index (χ1n) is 5.54. The van der Waals surface area contributed by atoms with Gasteiger partial charge in [0.1, 0.15) is 5.75 Å². The second-order valence-corrected chi connectivity index (χ2v) is 5.36. The van der Waals surface area contributed by atoms with Gasteiger partial charge in [0.25, 0.3) is 0 Å². The zero-order valence-corrected chi connectivity index (χ0v) is 10.7. The molecule has 0 saturated carbocycles. The molecule has 0 heterocycles. The van der Waals surface area contributed by atoms with Crippen LogP contribution in [-0.2, 0) is 5.41 Å². The fourth-order valence-electron chi connectivity index (χ4n) is 1.83. The maximum Gasteiger partial charge on any atom is 0.119 e. The number of benzene rings is 1. The van der Waals surface area contributed by atoms with Gasteiger partial charge in [-0.2, -0.15) is 0 Å². The van der Waals surface area contributed by atoms with Gasteiger partial charge in [-0.05, 0) is 34.6 Å². The summed E-state index contributed by atoms with van der Waals surface area (Å²) in [7, 11) is 1.72. The third-order valence-corrected chi connectivity index (χ3v) is 2.69. The molecule has 15 heavy (non-hydrogen) atoms. The van der Waals surface area contributed by atoms with Gasteiger partial charge in [0, 0.05) is 0 Å². The number of ether oxygens (including phenoxy) is 1. The molecule has 0 aliphatic carbocycles. The van der Waals surface area contributed by atoms with Crippen molar-refractivity contribution in [3.63, 3.8) is 0 Å². The summed E-state index contributed by atoms with van der Waals surface area (Å²) in [5.41, 5.74) is 3.01. The molecule has 1 nitrogen and oxygen atoms in total. The van der Waals surface area contributed by atoms with Gasteiger partial charge >= 0.3 is 0 Å². The van der Waals surface area contributed by atoms with E-state index in [1.807, 2.05) is 6.07 Å². The molecule has 0 bridgehead atoms. The predicted octanol–water partition coefficient (Wildman–Crippen LogP) is 4.12. The van der Waals surface area contributed by atoms with Gasteiger partial charge in [0.05, 0.1) is 7.11 Å². The quantitative estimate of drug-likeness (QED) is 0.707. The maximum absolute atomic E-state index is 5.27. The van der Waals surface area contributed by atoms with Crippen molar-refractivity contribution in [3.05, 3.63) is 29.3 Å². The van der Waals surface area contributed by atoms with Crippen LogP contribution in [-0.4, -0.2) is 7.11 Å². The van der Waals surface area contributed by atoms with Crippen LogP contribution in [0.1, 0.15) is 51.7 Å². The first-order chi connectivity index (χ1) is 6.86. The van der Waals surface area contributed by atoms with Crippen molar-refractivity contribution in [3.8, 4) is 5.75 Å². The highest BCUT2D eigenvalue weighted by Gasteiger charge is 2.19. The molecular weight excluding hydrogens is 184 g/mol. The molecule has 84 valence electrons. The standard InChI is InChI=1S/C14H22O/c1-10(2)12-9-11(15-6)7-8-13(12)14(3,4)5/h7-10H,1-6H3. The van der Waals surface area contributed by atoms with Crippen LogP contribution >= 0.6 is 0 Å². The Morgan fingerprint density at radius 2 is 1.73 bits per heavy atom. The molecule has 1 heteroatoms. The average Bonchev–Trinajstić information content (AvgIpc) is 2.15. The van der Waals surface area contributed by atoms with E-state index in [2.05, 4.69) is 46.8 Å². The van der Waals surface area contributed by atoms with Crippen LogP contribution in [0.5, 0.6) is 5.75 Å². The highest BCUT2D eigenvalue weighted by Crippen LogP contribution is 2.32. The molecule has 0 amide bonds. The van der Waals surface area contributed by atoms with Crippen molar-refractivity contribution in [2.75, 3.05) is 7.11 Å². The SMILES string of the molecule is COc1ccc(C(C)(C)C)c(C(C)C)c1. The lowest BCUT2D eigenvalue weighted by molar-refractivity contribution is 0.413. The Morgan fingerprint density at radius 3 is 2.13 bits per heavy atom. The molecule has 0 spiro atoms. The topological polar surface area (TPSA) is 9.23 Å². The van der Waals surface area contributed by atoms with E-state index < -0.39 is 0 Å². The van der Waals surface area contributed by atoms with E-state index in [9.17, 15) is 0 Å². The van der Waals surface area contributed by atoms with Crippen molar-refractivity contribution in [2.45, 2.75) is 46.0 Å². The van der Waals surface area contributed by atoms with E-state index in [-0.39, 0.29) is 5.41 Å². The van der Waals surface area contributed by atoms with Crippen LogP contribution in [0.3, 0.4) is 0 Å². The zero-order chi connectivity index (χ0) is 11.6. The molecule has 0 radical (unpaired) electrons. The third kappa shape index (κ3) is 2.74. The lowest BCUT2D eigenvalue weighted by Crippen LogP contribution is -2.15. The minimum absolute atomic E-state index is 0.200. The third-order valence-electron chi connectivity index (χ3n) is 2.69. The van der Waals surface area contributed by atoms with E-state index in [1.165, 1.54) is 11.1 Å². The second kappa shape index (κ2) is 4.26. The Labute approximate surface area is 93.5 Å². The van der Waals surface area contributed by atoms with Crippen LogP contribution in [0.4, 0.5) is 0 Å². The van der Waals surface area contributed by atoms with Crippen LogP contribution in [0.2, 0.25) is 0 Å². The summed E-state index contributed by atoms with van der Waals surface area (Å²) in [6.45, 7) is 11.2. The summed E-state index contributed by atoms with van der Waals surface area (Å²) in [6.07, 6.45) is 0. The Balaban J connectivity index is 3.28. The molecular formula is C14H22O. The van der Waals surface area contributed by atoms with Gasteiger partial charge in [0.2, 0.25) is 0 Å². The van der Waals surface area contributed by atoms with E-state index in [0.29, 0.717) is 5.92 Å². The summed E-state index contributed by atoms with van der Waals surface area (Å²) in [6, 6.07) is 6.39. The van der Waals surface area contributed by atoms with E-state index >= 15 is 0 Å². The normalized spacial score (nSPS) is 11.9. The molecule has 0 aliphatic heterocycles. The largest absolute Gasteiger partial charge is 0.497 e. The number of hydrogen-bond acceptors (Lipinski definition) is 1. The van der Waals surface area contributed by atoms with Crippen LogP contribution in [0, 0.1) is 0 Å². The Kier molecular flexibility index (Phi) is 3.43. The lowest BCUT2D eigenvalue weighted by atomic mass is 9.81. The van der Waals surface area contributed by atoms with Gasteiger partial charge in [-0.15, -0.1) is 0 Å². The number of rotatable bonds is 2. The molecule has 1 aromatic rings. The Hall–Kier alpha value is -0.980. The lowest BCUT2D eigenvalue weighted by Gasteiger charge is -2.25. The van der Waals surface area contributed by atoms with Crippen LogP contribution in [0.15, 0.2) is 18.2 Å². The summed E-state index contributed by atoms with van der Waals surface area (Å²) in [4.78, 5) is 0. The first-order valence-corrected chi connectivity index (χ1v) is 5.54. The van der Waals surface area contributed by atoms with Gasteiger partial charge in [-0.25, -0.2) is 0 Å². The maximum atomic E-state index is 5.27. The fraction of sp³-hybridized carbons (Fsp3) is 0.571. The highest BCUT2D eigenvalue weighted by atomic mass is 16.5. The molecule has 0 fully saturated rings. The van der Waals surface area contributed by atoms with E-state index in [0.717, 1.165) is 5.75 Å². The van der Waals surface area contributed by atoms with Gasteiger partial charge in [-0.3, -0.25) is 0 Å². The molecule has 0 atom stereocenters. The molecule has 0 N–H and O–H groups in total. The predicted molar refractivity (Wildman–Crippen MR) is 65.8 cm³/mol. The van der Waals surface area contributed by atoms with Gasteiger partial charge in [-0.1, -0.05) is 40.7 Å². The molecule has 1 aromatic carbocycles. The van der Waals surface area contributed by atoms with Crippen molar-refractivity contribution in [2.24, 2.45) is 0 Å². The van der Waals surface area contributed by atoms with E-state index in [1.54, 1.807) is 7.11 Å².